The molecule has 0 saturated heterocycles. The molecule has 9 nitrogen and oxygen atoms in total. The van der Waals surface area contributed by atoms with Crippen LogP contribution in [0.4, 0.5) is 11.5 Å². The minimum atomic E-state index is -0.709. The van der Waals surface area contributed by atoms with Crippen molar-refractivity contribution in [3.8, 4) is 11.6 Å². The number of carbonyl (C=O) groups excluding carboxylic acids is 1. The fourth-order valence-corrected chi connectivity index (χ4v) is 2.95. The number of ether oxygens (including phenoxy) is 1. The van der Waals surface area contributed by atoms with Crippen molar-refractivity contribution in [3.63, 3.8) is 0 Å². The maximum atomic E-state index is 12.3. The minimum Gasteiger partial charge on any atom is -0.434 e. The van der Waals surface area contributed by atoms with Crippen LogP contribution >= 0.6 is 23.2 Å². The lowest BCUT2D eigenvalue weighted by Gasteiger charge is -2.11. The highest BCUT2D eigenvalue weighted by atomic mass is 35.5. The number of anilines is 1. The molecule has 2 N–H and O–H groups in total. The molecule has 0 spiro atoms. The third-order valence-corrected chi connectivity index (χ3v) is 4.54. The van der Waals surface area contributed by atoms with Crippen LogP contribution in [0.15, 0.2) is 48.8 Å². The zero-order chi connectivity index (χ0) is 21.7. The van der Waals surface area contributed by atoms with Crippen molar-refractivity contribution in [2.24, 2.45) is 0 Å². The normalized spacial score (nSPS) is 10.4. The summed E-state index contributed by atoms with van der Waals surface area (Å²) in [6.45, 7) is 2.01. The molecule has 0 radical (unpaired) electrons. The highest BCUT2D eigenvalue weighted by Crippen LogP contribution is 2.33. The average molecular weight is 448 g/mol. The molecule has 0 unspecified atom stereocenters. The van der Waals surface area contributed by atoms with Crippen LogP contribution < -0.4 is 15.6 Å². The number of carbonyl (C=O) groups is 1. The molecule has 0 aliphatic rings. The van der Waals surface area contributed by atoms with Crippen LogP contribution in [0.2, 0.25) is 10.0 Å². The number of nitrogens with zero attached hydrogens (tertiary/aromatic N) is 3. The van der Waals surface area contributed by atoms with Gasteiger partial charge < -0.3 is 4.74 Å². The first-order chi connectivity index (χ1) is 14.4. The van der Waals surface area contributed by atoms with Gasteiger partial charge in [0.05, 0.1) is 15.5 Å². The number of halogens is 2. The van der Waals surface area contributed by atoms with E-state index in [1.54, 1.807) is 12.1 Å². The van der Waals surface area contributed by atoms with Gasteiger partial charge in [0.25, 0.3) is 5.91 Å². The summed E-state index contributed by atoms with van der Waals surface area (Å²) < 4.78 is 5.55. The van der Waals surface area contributed by atoms with Crippen molar-refractivity contribution in [2.45, 2.75) is 13.3 Å². The predicted octanol–water partition coefficient (Wildman–Crippen LogP) is 4.80. The van der Waals surface area contributed by atoms with E-state index in [0.717, 1.165) is 18.3 Å². The van der Waals surface area contributed by atoms with Gasteiger partial charge in [-0.2, -0.15) is 4.98 Å². The third-order valence-electron chi connectivity index (χ3n) is 3.99. The molecule has 0 atom stereocenters. The van der Waals surface area contributed by atoms with E-state index in [2.05, 4.69) is 20.8 Å². The van der Waals surface area contributed by atoms with Crippen molar-refractivity contribution in [1.82, 2.24) is 15.4 Å². The van der Waals surface area contributed by atoms with E-state index in [4.69, 9.17) is 27.9 Å². The molecule has 1 heterocycles. The van der Waals surface area contributed by atoms with E-state index in [0.29, 0.717) is 10.8 Å². The second kappa shape index (κ2) is 9.38. The standard InChI is InChI=1S/C19H15Cl2N5O4/c1-2-11-3-6-13(7-4-11)30-19-16(26(28)29)17(22-10-23-19)24-25-18(27)14-8-5-12(20)9-15(14)21/h3-10H,2H2,1H3,(H,25,27)(H,22,23,24). The number of nitro groups is 1. The predicted molar refractivity (Wildman–Crippen MR) is 112 cm³/mol. The van der Waals surface area contributed by atoms with Crippen molar-refractivity contribution in [3.05, 3.63) is 80.1 Å². The molecular formula is C19H15Cl2N5O4. The molecule has 2 aromatic carbocycles. The first kappa shape index (κ1) is 21.3. The Kier molecular flexibility index (Phi) is 6.65. The van der Waals surface area contributed by atoms with Crippen LogP contribution in [0.1, 0.15) is 22.8 Å². The lowest BCUT2D eigenvalue weighted by molar-refractivity contribution is -0.385. The van der Waals surface area contributed by atoms with Gasteiger partial charge in [-0.3, -0.25) is 25.8 Å². The van der Waals surface area contributed by atoms with Gasteiger partial charge >= 0.3 is 11.6 Å². The number of benzene rings is 2. The van der Waals surface area contributed by atoms with Gasteiger partial charge in [0.2, 0.25) is 5.82 Å². The van der Waals surface area contributed by atoms with E-state index in [1.807, 2.05) is 19.1 Å². The maximum Gasteiger partial charge on any atom is 0.374 e. The summed E-state index contributed by atoms with van der Waals surface area (Å²) in [5, 5.41) is 12.1. The van der Waals surface area contributed by atoms with Gasteiger partial charge in [0.15, 0.2) is 0 Å². The number of rotatable bonds is 7. The number of hydrogen-bond acceptors (Lipinski definition) is 7. The summed E-state index contributed by atoms with van der Waals surface area (Å²) in [5.74, 6) is -0.798. The van der Waals surface area contributed by atoms with E-state index >= 15 is 0 Å². The Bertz CT molecular complexity index is 1090. The fourth-order valence-electron chi connectivity index (χ4n) is 2.46. The van der Waals surface area contributed by atoms with Crippen LogP contribution in [-0.4, -0.2) is 20.8 Å². The zero-order valence-corrected chi connectivity index (χ0v) is 17.1. The zero-order valence-electron chi connectivity index (χ0n) is 15.6. The molecule has 0 bridgehead atoms. The molecule has 1 amide bonds. The quantitative estimate of drug-likeness (QED) is 0.394. The van der Waals surface area contributed by atoms with Crippen LogP contribution in [0.3, 0.4) is 0 Å². The lowest BCUT2D eigenvalue weighted by Crippen LogP contribution is -2.30. The number of aryl methyl sites for hydroxylation is 1. The summed E-state index contributed by atoms with van der Waals surface area (Å²) in [4.78, 5) is 30.9. The summed E-state index contributed by atoms with van der Waals surface area (Å²) in [6, 6.07) is 11.4. The average Bonchev–Trinajstić information content (AvgIpc) is 2.72. The number of hydrazine groups is 1. The van der Waals surface area contributed by atoms with E-state index in [9.17, 15) is 14.9 Å². The molecule has 0 saturated carbocycles. The van der Waals surface area contributed by atoms with Crippen LogP contribution in [0, 0.1) is 10.1 Å². The Morgan fingerprint density at radius 1 is 1.17 bits per heavy atom. The molecule has 0 aliphatic carbocycles. The summed E-state index contributed by atoms with van der Waals surface area (Å²) >= 11 is 11.8. The maximum absolute atomic E-state index is 12.3. The van der Waals surface area contributed by atoms with Crippen LogP contribution in [-0.2, 0) is 6.42 Å². The number of nitrogens with one attached hydrogen (secondary N) is 2. The van der Waals surface area contributed by atoms with Gasteiger partial charge in [0.1, 0.15) is 12.1 Å². The molecule has 154 valence electrons. The van der Waals surface area contributed by atoms with Crippen LogP contribution in [0.25, 0.3) is 0 Å². The van der Waals surface area contributed by atoms with Gasteiger partial charge in [-0.1, -0.05) is 42.3 Å². The Morgan fingerprint density at radius 3 is 2.53 bits per heavy atom. The van der Waals surface area contributed by atoms with Crippen molar-refractivity contribution < 1.29 is 14.5 Å². The Morgan fingerprint density at radius 2 is 1.90 bits per heavy atom. The van der Waals surface area contributed by atoms with Gasteiger partial charge in [-0.25, -0.2) is 4.98 Å². The Labute approximate surface area is 181 Å². The second-order valence-electron chi connectivity index (χ2n) is 5.94. The van der Waals surface area contributed by atoms with Crippen LogP contribution in [0.5, 0.6) is 11.6 Å². The lowest BCUT2D eigenvalue weighted by atomic mass is 10.2. The summed E-state index contributed by atoms with van der Waals surface area (Å²) in [5.41, 5.74) is 5.39. The largest absolute Gasteiger partial charge is 0.434 e. The molecular weight excluding hydrogens is 433 g/mol. The number of aromatic nitrogens is 2. The fraction of sp³-hybridized carbons (Fsp3) is 0.105. The monoisotopic (exact) mass is 447 g/mol. The molecule has 0 aliphatic heterocycles. The third kappa shape index (κ3) is 4.94. The van der Waals surface area contributed by atoms with Crippen molar-refractivity contribution in [1.29, 1.82) is 0 Å². The van der Waals surface area contributed by atoms with E-state index in [1.165, 1.54) is 18.2 Å². The topological polar surface area (TPSA) is 119 Å². The van der Waals surface area contributed by atoms with Crippen molar-refractivity contribution >= 4 is 40.6 Å². The molecule has 0 fully saturated rings. The molecule has 3 aromatic rings. The Balaban J connectivity index is 1.81. The van der Waals surface area contributed by atoms with E-state index < -0.39 is 16.5 Å². The smallest absolute Gasteiger partial charge is 0.374 e. The SMILES string of the molecule is CCc1ccc(Oc2ncnc(NNC(=O)c3ccc(Cl)cc3Cl)c2[N+](=O)[O-])cc1. The van der Waals surface area contributed by atoms with Gasteiger partial charge in [0, 0.05) is 5.02 Å². The second-order valence-corrected chi connectivity index (χ2v) is 6.78. The Hall–Kier alpha value is -3.43. The minimum absolute atomic E-state index is 0.123. The highest BCUT2D eigenvalue weighted by molar-refractivity contribution is 6.36. The van der Waals surface area contributed by atoms with Gasteiger partial charge in [-0.15, -0.1) is 0 Å². The first-order valence-electron chi connectivity index (χ1n) is 8.66. The summed E-state index contributed by atoms with van der Waals surface area (Å²) in [6.07, 6.45) is 1.92. The molecule has 30 heavy (non-hydrogen) atoms. The molecule has 3 rings (SSSR count). The molecule has 1 aromatic heterocycles. The highest BCUT2D eigenvalue weighted by Gasteiger charge is 2.25. The van der Waals surface area contributed by atoms with E-state index in [-0.39, 0.29) is 22.3 Å². The molecule has 11 heteroatoms. The first-order valence-corrected chi connectivity index (χ1v) is 9.42. The number of hydrogen-bond donors (Lipinski definition) is 2. The van der Waals surface area contributed by atoms with Crippen molar-refractivity contribution in [2.75, 3.05) is 5.43 Å². The number of amides is 1. The van der Waals surface area contributed by atoms with Gasteiger partial charge in [-0.05, 0) is 42.3 Å². The summed E-state index contributed by atoms with van der Waals surface area (Å²) in [7, 11) is 0.